The van der Waals surface area contributed by atoms with Crippen molar-refractivity contribution in [3.05, 3.63) is 80.6 Å². The summed E-state index contributed by atoms with van der Waals surface area (Å²) in [6, 6.07) is 13.2. The van der Waals surface area contributed by atoms with Gasteiger partial charge < -0.3 is 10.3 Å². The molecular formula is C20H20N2O2. The number of H-pyrrole nitrogens is 1. The number of rotatable bonds is 3. The van der Waals surface area contributed by atoms with Crippen LogP contribution in [-0.4, -0.2) is 10.9 Å². The number of carbonyl (C=O) groups is 1. The number of benzene rings is 2. The van der Waals surface area contributed by atoms with Crippen LogP contribution < -0.4 is 10.9 Å². The molecule has 0 saturated carbocycles. The fourth-order valence-corrected chi connectivity index (χ4v) is 2.83. The van der Waals surface area contributed by atoms with Crippen molar-refractivity contribution in [3.63, 3.8) is 0 Å². The van der Waals surface area contributed by atoms with Crippen molar-refractivity contribution in [2.45, 2.75) is 27.3 Å². The van der Waals surface area contributed by atoms with E-state index in [1.165, 1.54) is 0 Å². The summed E-state index contributed by atoms with van der Waals surface area (Å²) >= 11 is 0. The second-order valence-corrected chi connectivity index (χ2v) is 6.22. The van der Waals surface area contributed by atoms with E-state index in [2.05, 4.69) is 16.4 Å². The lowest BCUT2D eigenvalue weighted by Crippen LogP contribution is -2.26. The van der Waals surface area contributed by atoms with Crippen LogP contribution in [0.1, 0.15) is 32.6 Å². The Morgan fingerprint density at radius 1 is 1.00 bits per heavy atom. The number of amides is 1. The van der Waals surface area contributed by atoms with Crippen molar-refractivity contribution in [3.8, 4) is 0 Å². The summed E-state index contributed by atoms with van der Waals surface area (Å²) in [6.07, 6.45) is 0. The van der Waals surface area contributed by atoms with Crippen LogP contribution in [0.5, 0.6) is 0 Å². The molecule has 0 radical (unpaired) electrons. The Balaban J connectivity index is 1.85. The van der Waals surface area contributed by atoms with E-state index >= 15 is 0 Å². The van der Waals surface area contributed by atoms with E-state index < -0.39 is 0 Å². The molecule has 0 spiro atoms. The maximum absolute atomic E-state index is 12.2. The molecule has 0 fully saturated rings. The third-order valence-corrected chi connectivity index (χ3v) is 4.14. The summed E-state index contributed by atoms with van der Waals surface area (Å²) in [6.45, 7) is 6.19. The predicted octanol–water partition coefficient (Wildman–Crippen LogP) is 3.38. The lowest BCUT2D eigenvalue weighted by molar-refractivity contribution is 0.0951. The van der Waals surface area contributed by atoms with Crippen LogP contribution in [0.3, 0.4) is 0 Å². The molecule has 0 unspecified atom stereocenters. The predicted molar refractivity (Wildman–Crippen MR) is 96.4 cm³/mol. The van der Waals surface area contributed by atoms with E-state index in [4.69, 9.17) is 0 Å². The molecule has 2 aromatic carbocycles. The minimum absolute atomic E-state index is 0.170. The van der Waals surface area contributed by atoms with Crippen LogP contribution >= 0.6 is 0 Å². The highest BCUT2D eigenvalue weighted by molar-refractivity contribution is 5.94. The van der Waals surface area contributed by atoms with Gasteiger partial charge >= 0.3 is 0 Å². The number of aromatic amines is 1. The van der Waals surface area contributed by atoms with Crippen molar-refractivity contribution in [1.29, 1.82) is 0 Å². The molecule has 4 heteroatoms. The quantitative estimate of drug-likeness (QED) is 0.777. The fourth-order valence-electron chi connectivity index (χ4n) is 2.83. The van der Waals surface area contributed by atoms with E-state index in [0.29, 0.717) is 11.1 Å². The number of fused-ring (bicyclic) bond motifs is 1. The minimum atomic E-state index is -0.185. The zero-order chi connectivity index (χ0) is 17.3. The molecule has 0 bridgehead atoms. The molecule has 0 atom stereocenters. The Kier molecular flexibility index (Phi) is 4.21. The van der Waals surface area contributed by atoms with Gasteiger partial charge in [0.2, 0.25) is 0 Å². The minimum Gasteiger partial charge on any atom is -0.348 e. The van der Waals surface area contributed by atoms with Gasteiger partial charge in [0, 0.05) is 28.6 Å². The van der Waals surface area contributed by atoms with Gasteiger partial charge in [-0.15, -0.1) is 0 Å². The van der Waals surface area contributed by atoms with Crippen LogP contribution in [0.25, 0.3) is 10.9 Å². The van der Waals surface area contributed by atoms with E-state index in [1.807, 2.05) is 45.0 Å². The van der Waals surface area contributed by atoms with Gasteiger partial charge in [0.15, 0.2) is 0 Å². The Morgan fingerprint density at radius 3 is 2.42 bits per heavy atom. The topological polar surface area (TPSA) is 62.0 Å². The van der Waals surface area contributed by atoms with Gasteiger partial charge in [-0.2, -0.15) is 0 Å². The van der Waals surface area contributed by atoms with Crippen LogP contribution in [-0.2, 0) is 6.54 Å². The molecular weight excluding hydrogens is 300 g/mol. The normalized spacial score (nSPS) is 10.8. The van der Waals surface area contributed by atoms with Crippen LogP contribution in [0, 0.1) is 20.8 Å². The smallest absolute Gasteiger partial charge is 0.253 e. The van der Waals surface area contributed by atoms with E-state index in [1.54, 1.807) is 12.1 Å². The number of aryl methyl sites for hydroxylation is 3. The average Bonchev–Trinajstić information content (AvgIpc) is 2.53. The number of aromatic nitrogens is 1. The number of carbonyl (C=O) groups excluding carboxylic acids is 1. The number of hydrogen-bond donors (Lipinski definition) is 2. The van der Waals surface area contributed by atoms with Crippen molar-refractivity contribution >= 4 is 16.8 Å². The van der Waals surface area contributed by atoms with Crippen LogP contribution in [0.15, 0.2) is 47.3 Å². The average molecular weight is 320 g/mol. The Labute approximate surface area is 140 Å². The molecule has 1 amide bonds. The van der Waals surface area contributed by atoms with Crippen molar-refractivity contribution in [1.82, 2.24) is 10.3 Å². The van der Waals surface area contributed by atoms with Gasteiger partial charge in [-0.25, -0.2) is 0 Å². The Morgan fingerprint density at radius 2 is 1.71 bits per heavy atom. The molecule has 0 aliphatic heterocycles. The van der Waals surface area contributed by atoms with E-state index in [9.17, 15) is 9.59 Å². The number of pyridine rings is 1. The summed E-state index contributed by atoms with van der Waals surface area (Å²) in [7, 11) is 0. The highest BCUT2D eigenvalue weighted by Gasteiger charge is 2.09. The summed E-state index contributed by atoms with van der Waals surface area (Å²) < 4.78 is 0. The molecule has 4 nitrogen and oxygen atoms in total. The van der Waals surface area contributed by atoms with Crippen LogP contribution in [0.2, 0.25) is 0 Å². The maximum atomic E-state index is 12.2. The Bertz CT molecular complexity index is 969. The van der Waals surface area contributed by atoms with Crippen molar-refractivity contribution < 1.29 is 4.79 Å². The Hall–Kier alpha value is -2.88. The third kappa shape index (κ3) is 3.23. The lowest BCUT2D eigenvalue weighted by Gasteiger charge is -2.09. The SMILES string of the molecule is Cc1ccc(C(=O)NCc2cc3c(C)cc(C)cc3[nH]c2=O)cc1. The van der Waals surface area contributed by atoms with Gasteiger partial charge in [-0.05, 0) is 56.2 Å². The number of hydrogen-bond acceptors (Lipinski definition) is 2. The largest absolute Gasteiger partial charge is 0.348 e. The van der Waals surface area contributed by atoms with Gasteiger partial charge in [0.25, 0.3) is 11.5 Å². The lowest BCUT2D eigenvalue weighted by atomic mass is 10.0. The van der Waals surface area contributed by atoms with Crippen molar-refractivity contribution in [2.24, 2.45) is 0 Å². The molecule has 2 N–H and O–H groups in total. The van der Waals surface area contributed by atoms with Gasteiger partial charge in [0.1, 0.15) is 0 Å². The summed E-state index contributed by atoms with van der Waals surface area (Å²) in [5.41, 5.74) is 5.11. The first kappa shape index (κ1) is 16.0. The molecule has 3 rings (SSSR count). The molecule has 122 valence electrons. The second-order valence-electron chi connectivity index (χ2n) is 6.22. The fraction of sp³-hybridized carbons (Fsp3) is 0.200. The molecule has 0 aliphatic rings. The second kappa shape index (κ2) is 6.32. The summed E-state index contributed by atoms with van der Waals surface area (Å²) in [4.78, 5) is 27.3. The molecule has 24 heavy (non-hydrogen) atoms. The van der Waals surface area contributed by atoms with Gasteiger partial charge in [-0.1, -0.05) is 23.8 Å². The van der Waals surface area contributed by atoms with Gasteiger partial charge in [-0.3, -0.25) is 9.59 Å². The number of nitrogens with one attached hydrogen (secondary N) is 2. The molecule has 1 aromatic heterocycles. The molecule has 1 heterocycles. The molecule has 3 aromatic rings. The maximum Gasteiger partial charge on any atom is 0.253 e. The zero-order valence-corrected chi connectivity index (χ0v) is 14.1. The molecule has 0 aliphatic carbocycles. The van der Waals surface area contributed by atoms with Gasteiger partial charge in [0.05, 0.1) is 0 Å². The monoisotopic (exact) mass is 320 g/mol. The third-order valence-electron chi connectivity index (χ3n) is 4.14. The summed E-state index contributed by atoms with van der Waals surface area (Å²) in [5.74, 6) is -0.185. The van der Waals surface area contributed by atoms with Crippen molar-refractivity contribution in [2.75, 3.05) is 0 Å². The highest BCUT2D eigenvalue weighted by atomic mass is 16.1. The zero-order valence-electron chi connectivity index (χ0n) is 14.1. The summed E-state index contributed by atoms with van der Waals surface area (Å²) in [5, 5.41) is 3.81. The molecule has 0 saturated heterocycles. The standard InChI is InChI=1S/C20H20N2O2/c1-12-4-6-15(7-5-12)19(23)21-11-16-10-17-14(3)8-13(2)9-18(17)22-20(16)24/h4-10H,11H2,1-3H3,(H,21,23)(H,22,24). The first-order valence-corrected chi connectivity index (χ1v) is 7.92. The first-order chi connectivity index (χ1) is 11.4. The van der Waals surface area contributed by atoms with E-state index in [-0.39, 0.29) is 18.0 Å². The first-order valence-electron chi connectivity index (χ1n) is 7.92. The van der Waals surface area contributed by atoms with Crippen LogP contribution in [0.4, 0.5) is 0 Å². The highest BCUT2D eigenvalue weighted by Crippen LogP contribution is 2.18. The van der Waals surface area contributed by atoms with E-state index in [0.717, 1.165) is 27.6 Å².